The number of hydrazine groups is 1. The molecule has 0 aliphatic carbocycles. The normalized spacial score (nSPS) is 11.2. The molecule has 1 aromatic carbocycles. The molecule has 1 aromatic heterocycles. The van der Waals surface area contributed by atoms with Crippen molar-refractivity contribution in [1.82, 2.24) is 10.4 Å². The summed E-state index contributed by atoms with van der Waals surface area (Å²) in [6.45, 7) is 5.34. The topological polar surface area (TPSA) is 106 Å². The maximum atomic E-state index is 11.7. The molecule has 2 amide bonds. The number of hydrogen-bond acceptors (Lipinski definition) is 6. The summed E-state index contributed by atoms with van der Waals surface area (Å²) in [6, 6.07) is 4.97. The van der Waals surface area contributed by atoms with Crippen molar-refractivity contribution in [2.24, 2.45) is 5.84 Å². The second kappa shape index (κ2) is 5.66. The molecular weight excluding hydrogens is 292 g/mol. The molecule has 1 heterocycles. The van der Waals surface area contributed by atoms with Gasteiger partial charge in [-0.2, -0.15) is 0 Å². The molecule has 0 aliphatic rings. The predicted octanol–water partition coefficient (Wildman–Crippen LogP) is 2.25. The number of fused-ring (bicyclic) bond motifs is 1. The van der Waals surface area contributed by atoms with E-state index in [9.17, 15) is 9.59 Å². The second-order valence-electron chi connectivity index (χ2n) is 5.30. The third-order valence-electron chi connectivity index (χ3n) is 2.39. The van der Waals surface area contributed by atoms with Crippen LogP contribution in [0.2, 0.25) is 0 Å². The second-order valence-corrected chi connectivity index (χ2v) is 6.33. The third kappa shape index (κ3) is 3.89. The molecule has 7 nitrogen and oxygen atoms in total. The highest BCUT2D eigenvalue weighted by Crippen LogP contribution is 2.27. The molecule has 0 radical (unpaired) electrons. The first-order valence-corrected chi connectivity index (χ1v) is 7.02. The summed E-state index contributed by atoms with van der Waals surface area (Å²) in [5, 5.41) is 2.98. The lowest BCUT2D eigenvalue weighted by molar-refractivity contribution is 0.0635. The molecule has 21 heavy (non-hydrogen) atoms. The van der Waals surface area contributed by atoms with E-state index >= 15 is 0 Å². The zero-order valence-corrected chi connectivity index (χ0v) is 12.7. The van der Waals surface area contributed by atoms with E-state index in [1.54, 1.807) is 39.0 Å². The number of nitrogens with zero attached hydrogens (tertiary/aromatic N) is 1. The average Bonchev–Trinajstić information content (AvgIpc) is 2.76. The van der Waals surface area contributed by atoms with E-state index in [4.69, 9.17) is 10.6 Å². The van der Waals surface area contributed by atoms with Crippen LogP contribution in [0.15, 0.2) is 18.2 Å². The Labute approximate surface area is 125 Å². The van der Waals surface area contributed by atoms with Crippen LogP contribution in [-0.2, 0) is 4.74 Å². The Balaban J connectivity index is 2.19. The summed E-state index contributed by atoms with van der Waals surface area (Å²) in [5.74, 6) is 4.71. The van der Waals surface area contributed by atoms with Crippen LogP contribution in [0, 0.1) is 0 Å². The summed E-state index contributed by atoms with van der Waals surface area (Å²) < 4.78 is 5.92. The Morgan fingerprint density at radius 2 is 2.05 bits per heavy atom. The number of rotatable bonds is 2. The maximum absolute atomic E-state index is 11.7. The fraction of sp³-hybridized carbons (Fsp3) is 0.308. The van der Waals surface area contributed by atoms with E-state index < -0.39 is 11.7 Å². The number of hydrogen-bond donors (Lipinski definition) is 3. The van der Waals surface area contributed by atoms with Crippen molar-refractivity contribution in [3.8, 4) is 0 Å². The van der Waals surface area contributed by atoms with Crippen LogP contribution in [0.4, 0.5) is 9.93 Å². The number of benzene rings is 1. The summed E-state index contributed by atoms with van der Waals surface area (Å²) in [5.41, 5.74) is 2.60. The molecule has 0 saturated carbocycles. The Morgan fingerprint density at radius 3 is 2.67 bits per heavy atom. The number of aromatic nitrogens is 1. The van der Waals surface area contributed by atoms with Crippen molar-refractivity contribution in [2.75, 3.05) is 5.32 Å². The van der Waals surface area contributed by atoms with Gasteiger partial charge >= 0.3 is 6.09 Å². The van der Waals surface area contributed by atoms with Gasteiger partial charge in [-0.05, 0) is 39.0 Å². The van der Waals surface area contributed by atoms with Gasteiger partial charge in [0.15, 0.2) is 5.13 Å². The van der Waals surface area contributed by atoms with E-state index in [-0.39, 0.29) is 5.91 Å². The lowest BCUT2D eigenvalue weighted by atomic mass is 10.2. The molecule has 0 fully saturated rings. The quantitative estimate of drug-likeness (QED) is 0.448. The van der Waals surface area contributed by atoms with Crippen LogP contribution in [-0.4, -0.2) is 22.6 Å². The number of thiazole rings is 1. The predicted molar refractivity (Wildman–Crippen MR) is 81.1 cm³/mol. The minimum atomic E-state index is -0.576. The smallest absolute Gasteiger partial charge is 0.413 e. The molecule has 0 unspecified atom stereocenters. The fourth-order valence-corrected chi connectivity index (χ4v) is 2.48. The maximum Gasteiger partial charge on any atom is 0.413 e. The molecule has 2 aromatic rings. The first-order chi connectivity index (χ1) is 9.78. The van der Waals surface area contributed by atoms with Crippen molar-refractivity contribution in [3.63, 3.8) is 0 Å². The van der Waals surface area contributed by atoms with Gasteiger partial charge in [0, 0.05) is 5.56 Å². The van der Waals surface area contributed by atoms with E-state index in [1.807, 2.05) is 0 Å². The van der Waals surface area contributed by atoms with Crippen LogP contribution >= 0.6 is 11.3 Å². The zero-order chi connectivity index (χ0) is 15.6. The minimum Gasteiger partial charge on any atom is -0.444 e. The van der Waals surface area contributed by atoms with Crippen LogP contribution in [0.5, 0.6) is 0 Å². The molecule has 0 aliphatic heterocycles. The standard InChI is InChI=1S/C13H16N4O3S/c1-13(2,3)20-12(19)16-11-15-8-5-4-7(10(18)17-14)6-9(8)21-11/h4-6H,14H2,1-3H3,(H,17,18)(H,15,16,19). The van der Waals surface area contributed by atoms with Crippen molar-refractivity contribution in [2.45, 2.75) is 26.4 Å². The van der Waals surface area contributed by atoms with Crippen LogP contribution < -0.4 is 16.6 Å². The molecule has 0 bridgehead atoms. The van der Waals surface area contributed by atoms with Crippen LogP contribution in [0.3, 0.4) is 0 Å². The number of carbonyl (C=O) groups excluding carboxylic acids is 2. The molecular formula is C13H16N4O3S. The molecule has 0 saturated heterocycles. The van der Waals surface area contributed by atoms with E-state index in [0.29, 0.717) is 16.2 Å². The van der Waals surface area contributed by atoms with Gasteiger partial charge in [-0.15, -0.1) is 0 Å². The van der Waals surface area contributed by atoms with Gasteiger partial charge in [-0.3, -0.25) is 15.5 Å². The SMILES string of the molecule is CC(C)(C)OC(=O)Nc1nc2ccc(C(=O)NN)cc2s1. The minimum absolute atomic E-state index is 0.382. The zero-order valence-electron chi connectivity index (χ0n) is 11.9. The van der Waals surface area contributed by atoms with E-state index in [2.05, 4.69) is 15.7 Å². The molecule has 112 valence electrons. The first-order valence-electron chi connectivity index (χ1n) is 6.20. The number of amides is 2. The number of anilines is 1. The van der Waals surface area contributed by atoms with Crippen molar-refractivity contribution in [3.05, 3.63) is 23.8 Å². The Hall–Kier alpha value is -2.19. The average molecular weight is 308 g/mol. The summed E-state index contributed by atoms with van der Waals surface area (Å²) in [7, 11) is 0. The van der Waals surface area contributed by atoms with Gasteiger partial charge in [0.05, 0.1) is 10.2 Å². The lowest BCUT2D eigenvalue weighted by Crippen LogP contribution is -2.29. The first kappa shape index (κ1) is 15.2. The van der Waals surface area contributed by atoms with Crippen molar-refractivity contribution >= 4 is 38.7 Å². The molecule has 2 rings (SSSR count). The largest absolute Gasteiger partial charge is 0.444 e. The summed E-state index contributed by atoms with van der Waals surface area (Å²) in [4.78, 5) is 27.4. The van der Waals surface area contributed by atoms with Gasteiger partial charge in [-0.1, -0.05) is 11.3 Å². The highest BCUT2D eigenvalue weighted by atomic mass is 32.1. The molecule has 0 spiro atoms. The van der Waals surface area contributed by atoms with Gasteiger partial charge < -0.3 is 4.74 Å². The van der Waals surface area contributed by atoms with Crippen LogP contribution in [0.1, 0.15) is 31.1 Å². The highest BCUT2D eigenvalue weighted by Gasteiger charge is 2.17. The van der Waals surface area contributed by atoms with Gasteiger partial charge in [0.2, 0.25) is 0 Å². The van der Waals surface area contributed by atoms with Crippen molar-refractivity contribution in [1.29, 1.82) is 0 Å². The number of nitrogens with two attached hydrogens (primary N) is 1. The number of nitrogens with one attached hydrogen (secondary N) is 2. The van der Waals surface area contributed by atoms with Gasteiger partial charge in [0.25, 0.3) is 5.91 Å². The number of ether oxygens (including phenoxy) is 1. The highest BCUT2D eigenvalue weighted by molar-refractivity contribution is 7.22. The molecule has 0 atom stereocenters. The molecule has 8 heteroatoms. The molecule has 4 N–H and O–H groups in total. The Morgan fingerprint density at radius 1 is 1.33 bits per heavy atom. The summed E-state index contributed by atoms with van der Waals surface area (Å²) >= 11 is 1.25. The summed E-state index contributed by atoms with van der Waals surface area (Å²) in [6.07, 6.45) is -0.568. The Kier molecular flexibility index (Phi) is 4.10. The Bertz CT molecular complexity index is 690. The van der Waals surface area contributed by atoms with Crippen molar-refractivity contribution < 1.29 is 14.3 Å². The van der Waals surface area contributed by atoms with Gasteiger partial charge in [0.1, 0.15) is 5.60 Å². The fourth-order valence-electron chi connectivity index (χ4n) is 1.59. The van der Waals surface area contributed by atoms with Crippen LogP contribution in [0.25, 0.3) is 10.2 Å². The van der Waals surface area contributed by atoms with E-state index in [0.717, 1.165) is 4.70 Å². The van der Waals surface area contributed by atoms with E-state index in [1.165, 1.54) is 11.3 Å². The lowest BCUT2D eigenvalue weighted by Gasteiger charge is -2.18. The number of nitrogen functional groups attached to an aromatic ring is 1. The third-order valence-corrected chi connectivity index (χ3v) is 3.32. The van der Waals surface area contributed by atoms with Gasteiger partial charge in [-0.25, -0.2) is 15.6 Å². The monoisotopic (exact) mass is 308 g/mol. The number of carbonyl (C=O) groups is 2.